The van der Waals surface area contributed by atoms with Crippen LogP contribution in [0, 0.1) is 13.8 Å². The van der Waals surface area contributed by atoms with Crippen LogP contribution >= 0.6 is 0 Å². The van der Waals surface area contributed by atoms with Gasteiger partial charge in [0.15, 0.2) is 0 Å². The van der Waals surface area contributed by atoms with E-state index in [1.54, 1.807) is 0 Å². The highest BCUT2D eigenvalue weighted by Gasteiger charge is 2.23. The van der Waals surface area contributed by atoms with Gasteiger partial charge in [-0.1, -0.05) is 19.3 Å². The third kappa shape index (κ3) is 3.22. The van der Waals surface area contributed by atoms with Gasteiger partial charge in [0.1, 0.15) is 0 Å². The highest BCUT2D eigenvalue weighted by atomic mass is 16.1. The number of hydrogen-bond acceptors (Lipinski definition) is 2. The molecular weight excluding hydrogens is 274 g/mol. The molecule has 2 heterocycles. The molecule has 0 bridgehead atoms. The Morgan fingerprint density at radius 1 is 1.23 bits per heavy atom. The van der Waals surface area contributed by atoms with E-state index >= 15 is 0 Å². The fourth-order valence-electron chi connectivity index (χ4n) is 4.15. The Labute approximate surface area is 133 Å². The second-order valence-electron chi connectivity index (χ2n) is 6.95. The summed E-state index contributed by atoms with van der Waals surface area (Å²) in [6, 6.07) is 3.11. The van der Waals surface area contributed by atoms with E-state index < -0.39 is 0 Å². The standard InChI is InChI=1S/C18H29N3O/c1-13-11-17(18(22)20-12-15-7-6-10-19-15)14(2)21(13)16-8-4-3-5-9-16/h11,15-16,19H,3-10,12H2,1-2H3,(H,20,22). The summed E-state index contributed by atoms with van der Waals surface area (Å²) in [7, 11) is 0. The fourth-order valence-corrected chi connectivity index (χ4v) is 4.15. The van der Waals surface area contributed by atoms with E-state index in [0.29, 0.717) is 12.1 Å². The maximum atomic E-state index is 12.5. The Hall–Kier alpha value is -1.29. The lowest BCUT2D eigenvalue weighted by atomic mass is 9.95. The predicted molar refractivity (Wildman–Crippen MR) is 89.4 cm³/mol. The van der Waals surface area contributed by atoms with Gasteiger partial charge in [0.05, 0.1) is 5.56 Å². The van der Waals surface area contributed by atoms with Crippen molar-refractivity contribution in [3.8, 4) is 0 Å². The number of aromatic nitrogens is 1. The third-order valence-corrected chi connectivity index (χ3v) is 5.34. The molecule has 1 unspecified atom stereocenters. The Bertz CT molecular complexity index is 523. The summed E-state index contributed by atoms with van der Waals surface area (Å²) < 4.78 is 2.40. The van der Waals surface area contributed by atoms with Crippen LogP contribution in [0.4, 0.5) is 0 Å². The first kappa shape index (κ1) is 15.6. The quantitative estimate of drug-likeness (QED) is 0.898. The maximum absolute atomic E-state index is 12.5. The highest BCUT2D eigenvalue weighted by molar-refractivity contribution is 5.95. The van der Waals surface area contributed by atoms with Crippen LogP contribution in [0.25, 0.3) is 0 Å². The summed E-state index contributed by atoms with van der Waals surface area (Å²) in [4.78, 5) is 12.5. The molecule has 1 saturated carbocycles. The van der Waals surface area contributed by atoms with Crippen molar-refractivity contribution in [3.63, 3.8) is 0 Å². The largest absolute Gasteiger partial charge is 0.350 e. The second-order valence-corrected chi connectivity index (χ2v) is 6.95. The van der Waals surface area contributed by atoms with E-state index in [4.69, 9.17) is 0 Å². The summed E-state index contributed by atoms with van der Waals surface area (Å²) in [6.07, 6.45) is 8.88. The minimum absolute atomic E-state index is 0.0869. The summed E-state index contributed by atoms with van der Waals surface area (Å²) in [6.45, 7) is 6.06. The number of hydrogen-bond donors (Lipinski definition) is 2. The van der Waals surface area contributed by atoms with E-state index in [1.807, 2.05) is 0 Å². The maximum Gasteiger partial charge on any atom is 0.253 e. The van der Waals surface area contributed by atoms with E-state index in [0.717, 1.165) is 24.3 Å². The van der Waals surface area contributed by atoms with Crippen LogP contribution in [-0.4, -0.2) is 29.6 Å². The first-order valence-electron chi connectivity index (χ1n) is 8.87. The molecule has 122 valence electrons. The second kappa shape index (κ2) is 6.86. The molecule has 4 heteroatoms. The highest BCUT2D eigenvalue weighted by Crippen LogP contribution is 2.32. The zero-order chi connectivity index (χ0) is 15.5. The van der Waals surface area contributed by atoms with Gasteiger partial charge in [-0.3, -0.25) is 4.79 Å². The third-order valence-electron chi connectivity index (χ3n) is 5.34. The monoisotopic (exact) mass is 303 g/mol. The molecule has 1 aromatic heterocycles. The molecule has 2 N–H and O–H groups in total. The molecule has 1 aliphatic carbocycles. The van der Waals surface area contributed by atoms with Crippen LogP contribution in [0.2, 0.25) is 0 Å². The smallest absolute Gasteiger partial charge is 0.253 e. The minimum Gasteiger partial charge on any atom is -0.350 e. The summed E-state index contributed by atoms with van der Waals surface area (Å²) >= 11 is 0. The van der Waals surface area contributed by atoms with E-state index in [2.05, 4.69) is 35.1 Å². The van der Waals surface area contributed by atoms with Crippen molar-refractivity contribution in [2.45, 2.75) is 70.9 Å². The molecule has 1 aromatic rings. The number of carbonyl (C=O) groups is 1. The molecule has 2 aliphatic rings. The van der Waals surface area contributed by atoms with Gasteiger partial charge in [-0.05, 0) is 52.1 Å². The molecule has 1 amide bonds. The van der Waals surface area contributed by atoms with Gasteiger partial charge in [-0.25, -0.2) is 0 Å². The minimum atomic E-state index is 0.0869. The van der Waals surface area contributed by atoms with Gasteiger partial charge in [0.2, 0.25) is 0 Å². The first-order valence-corrected chi connectivity index (χ1v) is 8.87. The molecule has 4 nitrogen and oxygen atoms in total. The number of carbonyl (C=O) groups excluding carboxylic acids is 1. The van der Waals surface area contributed by atoms with Crippen LogP contribution in [0.15, 0.2) is 6.07 Å². The van der Waals surface area contributed by atoms with Gasteiger partial charge in [-0.2, -0.15) is 0 Å². The van der Waals surface area contributed by atoms with Gasteiger partial charge in [0.25, 0.3) is 5.91 Å². The predicted octanol–water partition coefficient (Wildman–Crippen LogP) is 3.09. The van der Waals surface area contributed by atoms with Crippen LogP contribution in [0.1, 0.15) is 72.7 Å². The molecule has 0 radical (unpaired) electrons. The molecule has 0 spiro atoms. The first-order chi connectivity index (χ1) is 10.7. The van der Waals surface area contributed by atoms with Crippen molar-refractivity contribution in [1.82, 2.24) is 15.2 Å². The Morgan fingerprint density at radius 2 is 2.00 bits per heavy atom. The lowest BCUT2D eigenvalue weighted by Gasteiger charge is -2.26. The number of aryl methyl sites for hydroxylation is 1. The van der Waals surface area contributed by atoms with Crippen LogP contribution in [-0.2, 0) is 0 Å². The van der Waals surface area contributed by atoms with Crippen LogP contribution in [0.5, 0.6) is 0 Å². The van der Waals surface area contributed by atoms with Crippen molar-refractivity contribution in [2.24, 2.45) is 0 Å². The summed E-state index contributed by atoms with van der Waals surface area (Å²) in [5, 5.41) is 6.54. The zero-order valence-corrected chi connectivity index (χ0v) is 14.0. The molecule has 1 atom stereocenters. The van der Waals surface area contributed by atoms with Gasteiger partial charge in [0, 0.05) is 30.0 Å². The van der Waals surface area contributed by atoms with E-state index in [1.165, 1.54) is 50.6 Å². The molecular formula is C18H29N3O. The zero-order valence-electron chi connectivity index (χ0n) is 14.0. The normalized spacial score (nSPS) is 22.9. The van der Waals surface area contributed by atoms with Gasteiger partial charge >= 0.3 is 0 Å². The van der Waals surface area contributed by atoms with Gasteiger partial charge in [-0.15, -0.1) is 0 Å². The topological polar surface area (TPSA) is 46.1 Å². The lowest BCUT2D eigenvalue weighted by Crippen LogP contribution is -2.37. The summed E-state index contributed by atoms with van der Waals surface area (Å²) in [5.74, 6) is 0.0869. The molecule has 2 fully saturated rings. The number of nitrogens with one attached hydrogen (secondary N) is 2. The molecule has 1 saturated heterocycles. The summed E-state index contributed by atoms with van der Waals surface area (Å²) in [5.41, 5.74) is 3.23. The van der Waals surface area contributed by atoms with Gasteiger partial charge < -0.3 is 15.2 Å². The lowest BCUT2D eigenvalue weighted by molar-refractivity contribution is 0.0949. The Balaban J connectivity index is 1.69. The van der Waals surface area contributed by atoms with Crippen LogP contribution in [0.3, 0.4) is 0 Å². The van der Waals surface area contributed by atoms with Crippen molar-refractivity contribution >= 4 is 5.91 Å². The Morgan fingerprint density at radius 3 is 2.68 bits per heavy atom. The molecule has 22 heavy (non-hydrogen) atoms. The van der Waals surface area contributed by atoms with E-state index in [9.17, 15) is 4.79 Å². The number of amides is 1. The Kier molecular flexibility index (Phi) is 4.87. The number of nitrogens with zero attached hydrogens (tertiary/aromatic N) is 1. The van der Waals surface area contributed by atoms with Crippen molar-refractivity contribution in [3.05, 3.63) is 23.0 Å². The van der Waals surface area contributed by atoms with Crippen LogP contribution < -0.4 is 10.6 Å². The molecule has 0 aromatic carbocycles. The number of rotatable bonds is 4. The fraction of sp³-hybridized carbons (Fsp3) is 0.722. The SMILES string of the molecule is Cc1cc(C(=O)NCC2CCCN2)c(C)n1C1CCCCC1. The van der Waals surface area contributed by atoms with E-state index in [-0.39, 0.29) is 5.91 Å². The van der Waals surface area contributed by atoms with Crippen molar-refractivity contribution in [2.75, 3.05) is 13.1 Å². The average Bonchev–Trinajstić information content (AvgIpc) is 3.14. The van der Waals surface area contributed by atoms with Crippen molar-refractivity contribution < 1.29 is 4.79 Å². The van der Waals surface area contributed by atoms with Crippen molar-refractivity contribution in [1.29, 1.82) is 0 Å². The molecule has 1 aliphatic heterocycles. The molecule has 3 rings (SSSR count). The average molecular weight is 303 g/mol.